The molecule has 0 radical (unpaired) electrons. The van der Waals surface area contributed by atoms with E-state index in [2.05, 4.69) is 163 Å². The van der Waals surface area contributed by atoms with Crippen molar-refractivity contribution in [2.24, 2.45) is 9.98 Å². The van der Waals surface area contributed by atoms with Crippen LogP contribution in [-0.2, 0) is 21.3 Å². The smallest absolute Gasteiger partial charge is 0.155 e. The van der Waals surface area contributed by atoms with Gasteiger partial charge in [0.25, 0.3) is 0 Å². The third-order valence-electron chi connectivity index (χ3n) is 9.54. The van der Waals surface area contributed by atoms with Crippen molar-refractivity contribution < 1.29 is 26.4 Å². The summed E-state index contributed by atoms with van der Waals surface area (Å²) >= 11 is 3.62. The van der Waals surface area contributed by atoms with Gasteiger partial charge in [-0.05, 0) is 113 Å². The summed E-state index contributed by atoms with van der Waals surface area (Å²) in [4.78, 5) is 21.2. The number of benzene rings is 6. The largest absolute Gasteiger partial charge is 0.512 e. The fourth-order valence-corrected chi connectivity index (χ4v) is 8.73. The minimum absolute atomic E-state index is 0. The normalized spacial score (nSPS) is 14.1. The number of hydrogen-bond donors (Lipinski definition) is 1. The molecule has 0 unspecified atom stereocenters. The van der Waals surface area contributed by atoms with Gasteiger partial charge in [0.1, 0.15) is 10.1 Å². The van der Waals surface area contributed by atoms with Gasteiger partial charge in [-0.1, -0.05) is 119 Å². The van der Waals surface area contributed by atoms with Gasteiger partial charge in [0, 0.05) is 56.3 Å². The molecule has 0 atom stereocenters. The van der Waals surface area contributed by atoms with Crippen LogP contribution in [0.5, 0.6) is 0 Å². The maximum absolute atomic E-state index is 10.0. The molecule has 0 bridgehead atoms. The van der Waals surface area contributed by atoms with Gasteiger partial charge >= 0.3 is 0 Å². The average Bonchev–Trinajstić information content (AvgIpc) is 3.17. The fraction of sp³-hybridized carbons (Fsp3) is 0.196. The standard InChI is InChI=1S/C46H42N2S2.C5H8O2.Ni/c1-29-7-15-35(16-8-29)39-25-33(5)26-40(36-17-9-30(2)10-18-36)43(39)47-45-46(50-24-23-49-45)48-44-41(37-19-11-31(3)12-20-37)27-34(6)28-42(44)38-21-13-32(4)14-22-38;1-4(6)3-5(2)7;/h7-22,25-28H,23-24H2,1-6H3;3,6H,1-2H3;/b;4-3-;. The number of nitrogens with zero attached hydrogens (tertiary/aromatic N) is 2. The zero-order chi connectivity index (χ0) is 40.6. The summed E-state index contributed by atoms with van der Waals surface area (Å²) in [6, 6.07) is 44.4. The van der Waals surface area contributed by atoms with E-state index < -0.39 is 0 Å². The van der Waals surface area contributed by atoms with Gasteiger partial charge < -0.3 is 5.11 Å². The summed E-state index contributed by atoms with van der Waals surface area (Å²) in [6.07, 6.45) is 1.17. The van der Waals surface area contributed by atoms with Crippen LogP contribution in [-0.4, -0.2) is 32.5 Å². The molecule has 1 fully saturated rings. The van der Waals surface area contributed by atoms with E-state index in [1.165, 1.54) is 75.6 Å². The van der Waals surface area contributed by atoms with Gasteiger partial charge in [-0.2, -0.15) is 0 Å². The zero-order valence-corrected chi connectivity index (χ0v) is 37.0. The number of aliphatic imine (C=N–C) groups is 2. The quantitative estimate of drug-likeness (QED) is 0.0988. The second kappa shape index (κ2) is 20.2. The first-order valence-electron chi connectivity index (χ1n) is 19.2. The second-order valence-electron chi connectivity index (χ2n) is 14.8. The Hall–Kier alpha value is -4.94. The van der Waals surface area contributed by atoms with Gasteiger partial charge in [0.15, 0.2) is 5.78 Å². The Balaban J connectivity index is 0.000000735. The molecular weight excluding hydrogens is 795 g/mol. The molecule has 6 aromatic carbocycles. The van der Waals surface area contributed by atoms with E-state index in [4.69, 9.17) is 15.1 Å². The van der Waals surface area contributed by atoms with E-state index in [0.29, 0.717) is 0 Å². The fourth-order valence-electron chi connectivity index (χ4n) is 6.67. The number of carbonyl (C=O) groups is 1. The molecule has 0 spiro atoms. The molecule has 0 aliphatic carbocycles. The number of carbonyl (C=O) groups excluding carboxylic acids is 1. The molecule has 4 nitrogen and oxygen atoms in total. The molecule has 0 saturated carbocycles. The Morgan fingerprint density at radius 2 is 0.741 bits per heavy atom. The molecule has 1 heterocycles. The average molecular weight is 846 g/mol. The van der Waals surface area contributed by atoms with E-state index in [1.54, 1.807) is 0 Å². The molecule has 1 N–H and O–H groups in total. The number of aryl methyl sites for hydroxylation is 6. The molecule has 0 aromatic heterocycles. The molecular formula is C51H50N2NiO2S2. The first kappa shape index (κ1) is 44.2. The Morgan fingerprint density at radius 1 is 0.483 bits per heavy atom. The summed E-state index contributed by atoms with van der Waals surface area (Å²) in [7, 11) is 0. The van der Waals surface area contributed by atoms with Crippen molar-refractivity contribution in [1.82, 2.24) is 0 Å². The van der Waals surface area contributed by atoms with Crippen molar-refractivity contribution in [3.8, 4) is 44.5 Å². The number of aliphatic hydroxyl groups excluding tert-OH is 1. The van der Waals surface area contributed by atoms with Crippen molar-refractivity contribution in [3.05, 3.63) is 167 Å². The Labute approximate surface area is 363 Å². The van der Waals surface area contributed by atoms with Crippen LogP contribution in [0.1, 0.15) is 47.2 Å². The molecule has 58 heavy (non-hydrogen) atoms. The maximum atomic E-state index is 10.0. The molecule has 7 heteroatoms. The summed E-state index contributed by atoms with van der Waals surface area (Å²) in [5.41, 5.74) is 18.6. The van der Waals surface area contributed by atoms with E-state index in [1.807, 2.05) is 23.5 Å². The van der Waals surface area contributed by atoms with E-state index in [-0.39, 0.29) is 28.0 Å². The Kier molecular flexibility index (Phi) is 15.4. The second-order valence-corrected chi connectivity index (χ2v) is 17.0. The van der Waals surface area contributed by atoms with Crippen LogP contribution in [0.2, 0.25) is 0 Å². The molecule has 1 saturated heterocycles. The van der Waals surface area contributed by atoms with Crippen LogP contribution in [0.15, 0.2) is 143 Å². The molecule has 1 aliphatic heterocycles. The van der Waals surface area contributed by atoms with Crippen LogP contribution in [0, 0.1) is 41.5 Å². The van der Waals surface area contributed by atoms with Crippen LogP contribution in [0.4, 0.5) is 11.4 Å². The van der Waals surface area contributed by atoms with E-state index in [0.717, 1.165) is 55.2 Å². The number of rotatable bonds is 7. The SMILES string of the molecule is CC(=O)/C=C(/C)O.Cc1ccc(-c2cc(C)cc(-c3ccc(C)cc3)c2N=C2SCCSC2=Nc2c(-c3ccc(C)cc3)cc(C)cc2-c2ccc(C)cc2)cc1.[Ni]. The van der Waals surface area contributed by atoms with Gasteiger partial charge in [0.2, 0.25) is 0 Å². The van der Waals surface area contributed by atoms with Crippen LogP contribution < -0.4 is 0 Å². The third kappa shape index (κ3) is 11.4. The number of ketones is 1. The molecule has 6 aromatic rings. The Morgan fingerprint density at radius 3 is 0.948 bits per heavy atom. The minimum atomic E-state index is -0.125. The summed E-state index contributed by atoms with van der Waals surface area (Å²) in [6.45, 7) is 15.8. The topological polar surface area (TPSA) is 62.0 Å². The van der Waals surface area contributed by atoms with Crippen LogP contribution in [0.25, 0.3) is 44.5 Å². The van der Waals surface area contributed by atoms with E-state index >= 15 is 0 Å². The summed E-state index contributed by atoms with van der Waals surface area (Å²) < 4.78 is 0. The van der Waals surface area contributed by atoms with Crippen molar-refractivity contribution >= 4 is 50.8 Å². The van der Waals surface area contributed by atoms with Gasteiger partial charge in [0.05, 0.1) is 17.1 Å². The van der Waals surface area contributed by atoms with Crippen LogP contribution >= 0.6 is 23.5 Å². The number of aliphatic hydroxyl groups is 1. The monoisotopic (exact) mass is 844 g/mol. The zero-order valence-electron chi connectivity index (χ0n) is 34.4. The number of thioether (sulfide) groups is 2. The minimum Gasteiger partial charge on any atom is -0.512 e. The molecule has 0 amide bonds. The van der Waals surface area contributed by atoms with Gasteiger partial charge in [-0.25, -0.2) is 9.98 Å². The summed E-state index contributed by atoms with van der Waals surface area (Å²) in [5, 5.41) is 10.3. The maximum Gasteiger partial charge on any atom is 0.155 e. The first-order valence-corrected chi connectivity index (χ1v) is 21.2. The van der Waals surface area contributed by atoms with Crippen molar-refractivity contribution in [3.63, 3.8) is 0 Å². The molecule has 1 aliphatic rings. The van der Waals surface area contributed by atoms with Crippen molar-refractivity contribution in [2.45, 2.75) is 55.4 Å². The molecule has 7 rings (SSSR count). The number of allylic oxidation sites excluding steroid dienone is 2. The van der Waals surface area contributed by atoms with Gasteiger partial charge in [-0.15, -0.1) is 23.5 Å². The predicted molar refractivity (Wildman–Crippen MR) is 249 cm³/mol. The Bertz CT molecular complexity index is 2180. The third-order valence-corrected chi connectivity index (χ3v) is 11.9. The first-order chi connectivity index (χ1) is 27.3. The summed E-state index contributed by atoms with van der Waals surface area (Å²) in [5.74, 6) is 1.91. The van der Waals surface area contributed by atoms with Crippen molar-refractivity contribution in [2.75, 3.05) is 11.5 Å². The predicted octanol–water partition coefficient (Wildman–Crippen LogP) is 14.5. The van der Waals surface area contributed by atoms with Crippen LogP contribution in [0.3, 0.4) is 0 Å². The van der Waals surface area contributed by atoms with E-state index in [9.17, 15) is 4.79 Å². The van der Waals surface area contributed by atoms with Gasteiger partial charge in [-0.3, -0.25) is 4.79 Å². The van der Waals surface area contributed by atoms with Crippen molar-refractivity contribution in [1.29, 1.82) is 0 Å². The molecule has 298 valence electrons. The number of hydrogen-bond acceptors (Lipinski definition) is 6.